The number of halogens is 1. The monoisotopic (exact) mass is 2260 g/mol. The number of primary amides is 1. The van der Waals surface area contributed by atoms with Crippen molar-refractivity contribution in [2.45, 2.75) is 311 Å². The van der Waals surface area contributed by atoms with E-state index in [0.717, 1.165) is 11.8 Å². The van der Waals surface area contributed by atoms with Crippen molar-refractivity contribution in [2.75, 3.05) is 111 Å². The molecular formula is C103H147IN8O32S4. The summed E-state index contributed by atoms with van der Waals surface area (Å²) in [5.41, 5.74) is 8.23. The first-order chi connectivity index (χ1) is 70.5. The van der Waals surface area contributed by atoms with Crippen LogP contribution >= 0.6 is 67.7 Å². The number of benzene rings is 2. The zero-order valence-corrected chi connectivity index (χ0v) is 92.2. The van der Waals surface area contributed by atoms with E-state index in [1.54, 1.807) is 85.1 Å². The number of esters is 1. The Morgan fingerprint density at radius 3 is 2.09 bits per heavy atom. The molecule has 0 aromatic heterocycles. The molecule has 5 heterocycles. The number of nitrogens with one attached hydrogen (secondary N) is 6. The van der Waals surface area contributed by atoms with Gasteiger partial charge in [-0.25, -0.2) is 9.59 Å². The molecule has 2 bridgehead atoms. The molecule has 45 heteroatoms. The number of nitrogens with zero attached hydrogens (tertiary/aromatic N) is 1. The van der Waals surface area contributed by atoms with Gasteiger partial charge < -0.3 is 129 Å². The van der Waals surface area contributed by atoms with Crippen molar-refractivity contribution in [3.8, 4) is 35.2 Å². The number of aliphatic hydroxyl groups is 5. The summed E-state index contributed by atoms with van der Waals surface area (Å²) in [4.78, 5) is 165. The number of amides is 8. The van der Waals surface area contributed by atoms with Gasteiger partial charge in [0.05, 0.1) is 116 Å². The van der Waals surface area contributed by atoms with Crippen LogP contribution < -0.4 is 47.3 Å². The Morgan fingerprint density at radius 1 is 0.757 bits per heavy atom. The molecular weight excluding hydrogens is 2120 g/mol. The number of likely N-dealkylation sites (tertiary alicyclic amines) is 1. The summed E-state index contributed by atoms with van der Waals surface area (Å²) in [6, 6.07) is 3.89. The molecule has 9 rings (SSSR count). The molecule has 2 aromatic rings. The molecule has 0 saturated carbocycles. The Bertz CT molecular complexity index is 5060. The summed E-state index contributed by atoms with van der Waals surface area (Å²) < 4.78 is 83.9. The van der Waals surface area contributed by atoms with Gasteiger partial charge in [-0.05, 0) is 182 Å². The van der Waals surface area contributed by atoms with E-state index in [9.17, 15) is 83.1 Å². The number of urea groups is 1. The molecule has 40 nitrogen and oxygen atoms in total. The van der Waals surface area contributed by atoms with Crippen LogP contribution in [-0.4, -0.2) is 325 Å². The fourth-order valence-electron chi connectivity index (χ4n) is 17.9. The standard InChI is InChI=1S/C103H147IN8O32S4/c1-57(2)85(110-77(118)28-20-18-22-40-112-78(119)53-75(145-15)96(112)125)71(114)50-66(26-23-37-107-100(105)127)95(124)109-68-31-29-65(30-32-68)55-137-101(128)108-39-25-42-134-44-46-135-45-43-133-41-24-38-106-76(117)33-36-102(10,11)148-146-47-34-70-83-69(51-79(120)130-12)73(116)54-103(70,129)35-21-17-16-19-27-74(83)141-99-93(142-80-48-58(3)67(56-136-80)49-59(4)113)88(122)86(62(7)139-99)111-144-81-52-72(115)94(64(9)138-81)147-97(126)82-60(5)84(104)91(61(6)90(82)131-13)143-98-89(123)92(132-14)87(121)63(8)140-98/h16-17,29-32,34,57-58,62-64,66-67,72,74-75,80-81,85-89,92-94,98-99,111,115,121-123,129H,18,20,22-26,28,33,36-56H2,1-15H3,(H,106,117)(H,108,128)(H,109,124)(H,110,118)(H3,105,107,127)/b17-16-,70-34-/t58?,62?,63?,64?,66-,67?,72?,74+,75?,80?,81?,85+,86?,87?,88?,89?,92?,93?,94?,98?,99?,103+/m1/s1. The topological polar surface area (TPSA) is 546 Å². The number of ether oxygens (including phenoxy) is 14. The predicted octanol–water partition coefficient (Wildman–Crippen LogP) is 8.29. The quantitative estimate of drug-likeness (QED) is 0.00563. The van der Waals surface area contributed by atoms with Gasteiger partial charge in [0.15, 0.2) is 36.0 Å². The number of allylic oxidation sites excluding steroid dienone is 2. The average molecular weight is 2260 g/mol. The van der Waals surface area contributed by atoms with Gasteiger partial charge in [0.2, 0.25) is 40.9 Å². The number of fused-ring (bicyclic) bond motifs is 2. The maximum Gasteiger partial charge on any atom is 0.407 e. The molecule has 0 radical (unpaired) electrons. The zero-order valence-electron chi connectivity index (χ0n) is 86.8. The molecule has 8 amide bonds. The fraction of sp³-hybridized carbons (Fsp3) is 0.670. The van der Waals surface area contributed by atoms with Crippen LogP contribution in [0.5, 0.6) is 11.5 Å². The summed E-state index contributed by atoms with van der Waals surface area (Å²) >= 11 is 4.24. The van der Waals surface area contributed by atoms with Crippen molar-refractivity contribution in [3.63, 3.8) is 0 Å². The van der Waals surface area contributed by atoms with Gasteiger partial charge in [-0.1, -0.05) is 102 Å². The first kappa shape index (κ1) is 124. The van der Waals surface area contributed by atoms with E-state index >= 15 is 0 Å². The molecule has 22 atom stereocenters. The number of hydrogen-bond acceptors (Lipinski definition) is 37. The number of hydrogen-bond donors (Lipinski definition) is 12. The van der Waals surface area contributed by atoms with Crippen LogP contribution in [0.4, 0.5) is 15.3 Å². The van der Waals surface area contributed by atoms with Gasteiger partial charge in [-0.3, -0.25) is 52.9 Å². The van der Waals surface area contributed by atoms with Gasteiger partial charge >= 0.3 is 18.1 Å². The number of hydroxylamine groups is 1. The highest BCUT2D eigenvalue weighted by molar-refractivity contribution is 14.1. The van der Waals surface area contributed by atoms with Gasteiger partial charge in [0, 0.05) is 136 Å². The largest absolute Gasteiger partial charge is 0.496 e. The lowest BCUT2D eigenvalue weighted by Gasteiger charge is -2.46. The number of anilines is 1. The number of ketones is 3. The fourth-order valence-corrected chi connectivity index (χ4v) is 22.9. The van der Waals surface area contributed by atoms with Crippen molar-refractivity contribution in [2.24, 2.45) is 29.4 Å². The van der Waals surface area contributed by atoms with Crippen LogP contribution in [0, 0.1) is 64.8 Å². The van der Waals surface area contributed by atoms with E-state index in [0.29, 0.717) is 124 Å². The van der Waals surface area contributed by atoms with Gasteiger partial charge in [-0.2, -0.15) is 17.2 Å². The lowest BCUT2D eigenvalue weighted by Crippen LogP contribution is -2.64. The number of nitrogens with two attached hydrogens (primary N) is 1. The van der Waals surface area contributed by atoms with E-state index in [1.165, 1.54) is 78.7 Å². The highest BCUT2D eigenvalue weighted by Gasteiger charge is 2.53. The van der Waals surface area contributed by atoms with Gasteiger partial charge in [0.1, 0.15) is 60.5 Å². The average Bonchev–Trinajstić information content (AvgIpc) is 0.937. The van der Waals surface area contributed by atoms with Crippen LogP contribution in [0.25, 0.3) is 0 Å². The third-order valence-electron chi connectivity index (χ3n) is 26.3. The lowest BCUT2D eigenvalue weighted by molar-refractivity contribution is -0.335. The minimum absolute atomic E-state index is 0.00884. The van der Waals surface area contributed by atoms with Crippen molar-refractivity contribution in [1.29, 1.82) is 0 Å². The number of carbonyl (C=O) groups is 12. The molecule has 5 saturated heterocycles. The minimum Gasteiger partial charge on any atom is -0.496 e. The molecule has 7 aliphatic rings. The number of aliphatic hydroxyl groups excluding tert-OH is 4. The third kappa shape index (κ3) is 36.9. The van der Waals surface area contributed by atoms with E-state index in [-0.39, 0.29) is 175 Å². The molecule has 148 heavy (non-hydrogen) atoms. The maximum absolute atomic E-state index is 14.6. The molecule has 2 aliphatic carbocycles. The number of thioether (sulfide) groups is 2. The second kappa shape index (κ2) is 61.2. The molecule has 5 aliphatic heterocycles. The maximum atomic E-state index is 14.6. The lowest BCUT2D eigenvalue weighted by atomic mass is 9.72. The Kier molecular flexibility index (Phi) is 51.1. The summed E-state index contributed by atoms with van der Waals surface area (Å²) in [5.74, 6) is 7.91. The zero-order chi connectivity index (χ0) is 108. The van der Waals surface area contributed by atoms with E-state index < -0.39 is 168 Å². The number of carbonyl (C=O) groups excluding carboxylic acids is 12. The first-order valence-electron chi connectivity index (χ1n) is 50.1. The van der Waals surface area contributed by atoms with Gasteiger partial charge in [0.25, 0.3) is 0 Å². The third-order valence-corrected chi connectivity index (χ3v) is 33.1. The summed E-state index contributed by atoms with van der Waals surface area (Å²) in [5, 5.41) is 71.4. The predicted molar refractivity (Wildman–Crippen MR) is 560 cm³/mol. The molecule has 5 fully saturated rings. The van der Waals surface area contributed by atoms with Crippen LogP contribution in [-0.2, 0) is 111 Å². The minimum atomic E-state index is -2.16. The number of Topliss-reactive ketones (excluding diaryl/α,β-unsaturated/α-hetero) is 3. The molecule has 822 valence electrons. The van der Waals surface area contributed by atoms with Gasteiger partial charge in [-0.15, -0.1) is 0 Å². The summed E-state index contributed by atoms with van der Waals surface area (Å²) in [6.07, 6.45) is -7.87. The normalized spacial score (nSPS) is 26.9. The summed E-state index contributed by atoms with van der Waals surface area (Å²) in [7, 11) is 6.84. The summed E-state index contributed by atoms with van der Waals surface area (Å²) in [6.45, 7) is 22.6. The number of rotatable bonds is 58. The van der Waals surface area contributed by atoms with Crippen molar-refractivity contribution >= 4 is 143 Å². The van der Waals surface area contributed by atoms with E-state index in [2.05, 4.69) is 55.7 Å². The van der Waals surface area contributed by atoms with Crippen LogP contribution in [0.3, 0.4) is 0 Å². The van der Waals surface area contributed by atoms with Crippen molar-refractivity contribution < 1.29 is 154 Å². The van der Waals surface area contributed by atoms with Crippen molar-refractivity contribution in [3.05, 3.63) is 85.0 Å². The highest BCUT2D eigenvalue weighted by Crippen LogP contribution is 2.47. The van der Waals surface area contributed by atoms with Crippen LogP contribution in [0.15, 0.2) is 59.2 Å². The molecule has 2 aromatic carbocycles. The van der Waals surface area contributed by atoms with E-state index in [1.807, 2.05) is 43.4 Å². The number of unbranched alkanes of at least 4 members (excludes halogenated alkanes) is 2. The Labute approximate surface area is 895 Å². The Morgan fingerprint density at radius 2 is 1.44 bits per heavy atom. The smallest absolute Gasteiger partial charge is 0.407 e. The Hall–Kier alpha value is -7.93. The highest BCUT2D eigenvalue weighted by atomic mass is 127. The van der Waals surface area contributed by atoms with E-state index in [4.69, 9.17) is 76.9 Å². The second-order valence-corrected chi connectivity index (χ2v) is 44.8. The number of alkyl carbamates (subject to hydrolysis) is 1. The second-order valence-electron chi connectivity index (χ2n) is 38.5. The molecule has 0 spiro atoms. The first-order valence-corrected chi connectivity index (χ1v) is 55.6. The number of imide groups is 1. The SMILES string of the molecule is COC(=O)CC1=C2/C(=C/CSSC(C)(C)CCC(=O)NCCCOCCOCCOCCCNC(=O)OCc3ccc(NC(=O)[C@H](CCCNC(N)=O)CC(=O)[C@@H](NC(=O)CCCCCN4C(=O)CC(SC)C4=O)C(C)C)cc3)[C@](O)(C#C/C=C\C#C[C@@H]2OC2OC(C)C(NOC3CC(O)C(SC(=O)c4c(C)c(I)c(OC5OC(C)C(O)C(OC)C5O)c(C)c4OC)C(C)O3)C(O)C2OC2CC(C)C(CC(C)=O)CO2)CC1=O. The van der Waals surface area contributed by atoms with Crippen LogP contribution in [0.1, 0.15) is 199 Å². The number of methoxy groups -OCH3 is 3. The molecule has 18 unspecified atom stereocenters. The van der Waals surface area contributed by atoms with Crippen LogP contribution in [0.2, 0.25) is 0 Å². The van der Waals surface area contributed by atoms with Crippen molar-refractivity contribution in [1.82, 2.24) is 31.6 Å². The Balaban J connectivity index is 0.690. The molecule has 13 N–H and O–H groups in total.